The highest BCUT2D eigenvalue weighted by atomic mass is 35.5. The van der Waals surface area contributed by atoms with Crippen molar-refractivity contribution in [3.63, 3.8) is 0 Å². The van der Waals surface area contributed by atoms with Crippen LogP contribution in [0.4, 0.5) is 0 Å². The van der Waals surface area contributed by atoms with E-state index >= 15 is 0 Å². The molecule has 0 aromatic carbocycles. The van der Waals surface area contributed by atoms with Gasteiger partial charge in [-0.1, -0.05) is 0 Å². The average Bonchev–Trinajstić information content (AvgIpc) is 2.42. The molecular weight excluding hydrogens is 394 g/mol. The van der Waals surface area contributed by atoms with Gasteiger partial charge in [-0.15, -0.1) is 35.0 Å². The zero-order valence-electron chi connectivity index (χ0n) is 12.2. The zero-order chi connectivity index (χ0) is 16.8. The summed E-state index contributed by atoms with van der Waals surface area (Å²) in [7, 11) is -5.81. The van der Waals surface area contributed by atoms with Crippen LogP contribution in [0, 0.1) is 0 Å². The number of hydrogen-bond donors (Lipinski definition) is 0. The van der Waals surface area contributed by atoms with Gasteiger partial charge in [-0.05, 0) is 13.5 Å². The lowest BCUT2D eigenvalue weighted by molar-refractivity contribution is 0.171. The molecule has 1 heterocycles. The average molecular weight is 414 g/mol. The fraction of sp³-hybridized carbons (Fsp3) is 1.00. The van der Waals surface area contributed by atoms with Crippen LogP contribution in [0.25, 0.3) is 0 Å². The topological polar surface area (TPSA) is 90.0 Å². The Morgan fingerprint density at radius 2 is 2.00 bits per heavy atom. The van der Waals surface area contributed by atoms with E-state index < -0.39 is 23.5 Å². The molecule has 0 aromatic rings. The lowest BCUT2D eigenvalue weighted by Crippen LogP contribution is -2.41. The van der Waals surface area contributed by atoms with Gasteiger partial charge in [0, 0.05) is 36.4 Å². The van der Waals surface area contributed by atoms with Crippen molar-refractivity contribution in [2.24, 2.45) is 0 Å². The van der Waals surface area contributed by atoms with E-state index in [1.165, 1.54) is 11.8 Å². The summed E-state index contributed by atoms with van der Waals surface area (Å²) >= 11 is 12.8. The Balaban J connectivity index is 2.74. The monoisotopic (exact) mass is 413 g/mol. The molecule has 22 heavy (non-hydrogen) atoms. The normalized spacial score (nSPS) is 27.4. The summed E-state index contributed by atoms with van der Waals surface area (Å²) in [4.78, 5) is 0. The Morgan fingerprint density at radius 1 is 1.41 bits per heavy atom. The van der Waals surface area contributed by atoms with E-state index in [9.17, 15) is 17.5 Å². The minimum absolute atomic E-state index is 0.159. The summed E-state index contributed by atoms with van der Waals surface area (Å²) in [6.07, 6.45) is 0.597. The Labute approximate surface area is 145 Å². The second kappa shape index (κ2) is 9.44. The Morgan fingerprint density at radius 3 is 2.50 bits per heavy atom. The molecule has 1 aliphatic heterocycles. The van der Waals surface area contributed by atoms with Gasteiger partial charge in [0.2, 0.25) is 0 Å². The summed E-state index contributed by atoms with van der Waals surface area (Å²) in [5, 5.41) is -0.186. The van der Waals surface area contributed by atoms with E-state index in [0.29, 0.717) is 37.9 Å². The SMILES string of the molecule is CN1C(SCCS(=O)(=O)[O-])CCOP1(=O)N(CCCl)CCCl. The molecule has 1 saturated heterocycles. The maximum Gasteiger partial charge on any atom is 0.346 e. The Hall–Kier alpha value is 0.950. The largest absolute Gasteiger partial charge is 0.748 e. The molecule has 2 atom stereocenters. The smallest absolute Gasteiger partial charge is 0.346 e. The van der Waals surface area contributed by atoms with Crippen molar-refractivity contribution < 1.29 is 22.1 Å². The fourth-order valence-electron chi connectivity index (χ4n) is 2.03. The second-order valence-electron chi connectivity index (χ2n) is 4.61. The van der Waals surface area contributed by atoms with Gasteiger partial charge in [-0.2, -0.15) is 0 Å². The quantitative estimate of drug-likeness (QED) is 0.321. The lowest BCUT2D eigenvalue weighted by atomic mass is 10.4. The molecule has 2 unspecified atom stereocenters. The van der Waals surface area contributed by atoms with Gasteiger partial charge in [-0.3, -0.25) is 4.57 Å². The van der Waals surface area contributed by atoms with Crippen molar-refractivity contribution in [1.82, 2.24) is 9.34 Å². The van der Waals surface area contributed by atoms with Crippen molar-refractivity contribution >= 4 is 52.8 Å². The molecule has 7 nitrogen and oxygen atoms in total. The van der Waals surface area contributed by atoms with Gasteiger partial charge >= 0.3 is 7.67 Å². The second-order valence-corrected chi connectivity index (χ2v) is 10.6. The highest BCUT2D eigenvalue weighted by Crippen LogP contribution is 2.58. The van der Waals surface area contributed by atoms with Crippen LogP contribution in [0.5, 0.6) is 0 Å². The van der Waals surface area contributed by atoms with E-state index in [1.807, 2.05) is 0 Å². The molecule has 1 aliphatic rings. The maximum atomic E-state index is 13.1. The molecule has 0 bridgehead atoms. The van der Waals surface area contributed by atoms with Crippen LogP contribution in [-0.2, 0) is 19.2 Å². The molecular formula is C10H20Cl2N2O5PS2-. The molecule has 0 amide bonds. The van der Waals surface area contributed by atoms with Crippen LogP contribution < -0.4 is 0 Å². The summed E-state index contributed by atoms with van der Waals surface area (Å²) < 4.78 is 53.9. The third-order valence-corrected chi connectivity index (χ3v) is 8.67. The Bertz CT molecular complexity index is 490. The van der Waals surface area contributed by atoms with Gasteiger partial charge in [0.1, 0.15) is 0 Å². The third-order valence-electron chi connectivity index (χ3n) is 3.13. The van der Waals surface area contributed by atoms with Crippen LogP contribution in [0.1, 0.15) is 6.42 Å². The van der Waals surface area contributed by atoms with Gasteiger partial charge in [-0.25, -0.2) is 17.8 Å². The molecule has 132 valence electrons. The Kier molecular flexibility index (Phi) is 9.01. The van der Waals surface area contributed by atoms with Crippen molar-refractivity contribution in [3.05, 3.63) is 0 Å². The molecule has 0 N–H and O–H groups in total. The van der Waals surface area contributed by atoms with Crippen molar-refractivity contribution in [1.29, 1.82) is 0 Å². The lowest BCUT2D eigenvalue weighted by Gasteiger charge is -2.43. The van der Waals surface area contributed by atoms with E-state index in [4.69, 9.17) is 27.7 Å². The highest BCUT2D eigenvalue weighted by Gasteiger charge is 2.43. The number of hydrogen-bond acceptors (Lipinski definition) is 6. The van der Waals surface area contributed by atoms with Gasteiger partial charge in [0.25, 0.3) is 0 Å². The number of rotatable bonds is 9. The maximum absolute atomic E-state index is 13.1. The highest BCUT2D eigenvalue weighted by molar-refractivity contribution is 8.00. The predicted molar refractivity (Wildman–Crippen MR) is 89.8 cm³/mol. The molecule has 0 radical (unpaired) electrons. The van der Waals surface area contributed by atoms with Crippen LogP contribution in [0.15, 0.2) is 0 Å². The molecule has 12 heteroatoms. The molecule has 0 aromatic heterocycles. The number of halogens is 2. The fourth-order valence-corrected chi connectivity index (χ4v) is 7.42. The number of thioether (sulfide) groups is 1. The van der Waals surface area contributed by atoms with E-state index in [2.05, 4.69) is 0 Å². The molecule has 0 saturated carbocycles. The molecule has 1 fully saturated rings. The minimum Gasteiger partial charge on any atom is -0.748 e. The molecule has 1 rings (SSSR count). The van der Waals surface area contributed by atoms with E-state index in [-0.39, 0.29) is 11.1 Å². The van der Waals surface area contributed by atoms with Gasteiger partial charge in [0.15, 0.2) is 0 Å². The van der Waals surface area contributed by atoms with Crippen LogP contribution in [-0.4, -0.2) is 77.7 Å². The van der Waals surface area contributed by atoms with Crippen molar-refractivity contribution in [2.45, 2.75) is 11.8 Å². The van der Waals surface area contributed by atoms with Crippen LogP contribution >= 0.6 is 42.6 Å². The summed E-state index contributed by atoms with van der Waals surface area (Å²) in [5.41, 5.74) is 0. The first kappa shape index (κ1) is 21.0. The number of nitrogens with zero attached hydrogens (tertiary/aromatic N) is 2. The molecule has 0 aliphatic carbocycles. The summed E-state index contributed by atoms with van der Waals surface area (Å²) in [6, 6.07) is 0. The zero-order valence-corrected chi connectivity index (χ0v) is 16.2. The van der Waals surface area contributed by atoms with Gasteiger partial charge < -0.3 is 9.08 Å². The predicted octanol–water partition coefficient (Wildman–Crippen LogP) is 1.83. The van der Waals surface area contributed by atoms with Crippen molar-refractivity contribution in [2.75, 3.05) is 50.0 Å². The van der Waals surface area contributed by atoms with E-state index in [0.717, 1.165) is 0 Å². The van der Waals surface area contributed by atoms with Crippen LogP contribution in [0.2, 0.25) is 0 Å². The summed E-state index contributed by atoms with van der Waals surface area (Å²) in [5.74, 6) is 0.306. The first-order chi connectivity index (χ1) is 10.2. The first-order valence-electron chi connectivity index (χ1n) is 6.65. The summed E-state index contributed by atoms with van der Waals surface area (Å²) in [6.45, 7) is 1.05. The standard InChI is InChI=1S/C10H21Cl2N2O5PS2/c1-13-10(21-8-9-22(16,17)18)2-7-19-20(13,15)14(5-3-11)6-4-12/h10H,2-9H2,1H3,(H,16,17,18)/p-1. The first-order valence-corrected chi connectivity index (χ1v) is 11.9. The minimum atomic E-state index is -4.24. The van der Waals surface area contributed by atoms with E-state index in [1.54, 1.807) is 16.4 Å². The third kappa shape index (κ3) is 6.11. The molecule has 0 spiro atoms. The van der Waals surface area contributed by atoms with Gasteiger partial charge in [0.05, 0.1) is 22.1 Å². The van der Waals surface area contributed by atoms with Crippen molar-refractivity contribution in [3.8, 4) is 0 Å². The number of alkyl halides is 2. The van der Waals surface area contributed by atoms with Crippen LogP contribution in [0.3, 0.4) is 0 Å².